The molecule has 1 N–H and O–H groups in total. The fourth-order valence-corrected chi connectivity index (χ4v) is 2.05. The lowest BCUT2D eigenvalue weighted by atomic mass is 10.1. The number of nitrogens with zero attached hydrogens (tertiary/aromatic N) is 3. The van der Waals surface area contributed by atoms with Crippen LogP contribution < -0.4 is 0 Å². The number of rotatable bonds is 2. The fourth-order valence-electron chi connectivity index (χ4n) is 1.83. The van der Waals surface area contributed by atoms with Crippen molar-refractivity contribution in [3.63, 3.8) is 0 Å². The molecule has 0 bridgehead atoms. The number of hydrogen-bond donors (Lipinski definition) is 1. The Morgan fingerprint density at radius 2 is 2.17 bits per heavy atom. The zero-order valence-corrected chi connectivity index (χ0v) is 10.4. The third-order valence-corrected chi connectivity index (χ3v) is 3.11. The van der Waals surface area contributed by atoms with Gasteiger partial charge in [-0.2, -0.15) is 5.26 Å². The van der Waals surface area contributed by atoms with E-state index >= 15 is 0 Å². The molecule has 0 aromatic carbocycles. The van der Waals surface area contributed by atoms with E-state index in [1.165, 1.54) is 0 Å². The molecule has 1 saturated carbocycles. The smallest absolute Gasteiger partial charge is 0.130 e. The predicted molar refractivity (Wildman–Crippen MR) is 69.3 cm³/mol. The molecule has 0 saturated heterocycles. The number of pyridine rings is 1. The molecule has 0 radical (unpaired) electrons. The van der Waals surface area contributed by atoms with Gasteiger partial charge in [0.05, 0.1) is 11.3 Å². The molecule has 0 aliphatic heterocycles. The highest BCUT2D eigenvalue weighted by atomic mass is 32.1. The summed E-state index contributed by atoms with van der Waals surface area (Å²) in [7, 11) is 0. The van der Waals surface area contributed by atoms with Gasteiger partial charge >= 0.3 is 0 Å². The largest absolute Gasteiger partial charge is 0.343 e. The van der Waals surface area contributed by atoms with Gasteiger partial charge in [0.15, 0.2) is 0 Å². The van der Waals surface area contributed by atoms with Gasteiger partial charge in [-0.05, 0) is 25.0 Å². The Morgan fingerprint density at radius 1 is 1.33 bits per heavy atom. The molecule has 2 heterocycles. The minimum atomic E-state index is 0.513. The minimum absolute atomic E-state index is 0.513. The van der Waals surface area contributed by atoms with E-state index in [-0.39, 0.29) is 0 Å². The Bertz CT molecular complexity index is 695. The Kier molecular flexibility index (Phi) is 2.65. The number of H-pyrrole nitrogens is 1. The second-order valence-corrected chi connectivity index (χ2v) is 4.78. The van der Waals surface area contributed by atoms with E-state index in [1.807, 2.05) is 0 Å². The highest BCUT2D eigenvalue weighted by Gasteiger charge is 2.26. The van der Waals surface area contributed by atoms with Crippen LogP contribution >= 0.6 is 12.2 Å². The van der Waals surface area contributed by atoms with Gasteiger partial charge in [-0.1, -0.05) is 12.2 Å². The van der Waals surface area contributed by atoms with Gasteiger partial charge in [0.2, 0.25) is 0 Å². The van der Waals surface area contributed by atoms with Crippen molar-refractivity contribution >= 4 is 12.2 Å². The third-order valence-electron chi connectivity index (χ3n) is 2.90. The van der Waals surface area contributed by atoms with Crippen molar-refractivity contribution < 1.29 is 0 Å². The first-order chi connectivity index (χ1) is 8.76. The van der Waals surface area contributed by atoms with Crippen molar-refractivity contribution in [1.29, 1.82) is 5.26 Å². The molecular formula is C13H10N4S. The lowest BCUT2D eigenvalue weighted by Gasteiger charge is -2.05. The normalized spacial score (nSPS) is 14.2. The van der Waals surface area contributed by atoms with Crippen LogP contribution in [0.5, 0.6) is 0 Å². The number of aromatic nitrogens is 3. The summed E-state index contributed by atoms with van der Waals surface area (Å²) in [6.45, 7) is 0. The molecule has 88 valence electrons. The van der Waals surface area contributed by atoms with Crippen LogP contribution in [0.1, 0.15) is 30.1 Å². The summed E-state index contributed by atoms with van der Waals surface area (Å²) in [4.78, 5) is 11.7. The lowest BCUT2D eigenvalue weighted by molar-refractivity contribution is 0.923. The third kappa shape index (κ3) is 2.15. The second-order valence-electron chi connectivity index (χ2n) is 4.37. The van der Waals surface area contributed by atoms with Crippen molar-refractivity contribution in [2.75, 3.05) is 0 Å². The summed E-state index contributed by atoms with van der Waals surface area (Å²) < 4.78 is 0.577. The molecule has 4 nitrogen and oxygen atoms in total. The average Bonchev–Trinajstić information content (AvgIpc) is 3.22. The van der Waals surface area contributed by atoms with Crippen LogP contribution in [0.25, 0.3) is 11.3 Å². The average molecular weight is 254 g/mol. The molecule has 2 aromatic heterocycles. The van der Waals surface area contributed by atoms with E-state index in [1.54, 1.807) is 24.5 Å². The number of hydrogen-bond acceptors (Lipinski definition) is 4. The Labute approximate surface area is 109 Å². The van der Waals surface area contributed by atoms with Crippen LogP contribution in [0.4, 0.5) is 0 Å². The van der Waals surface area contributed by atoms with Crippen LogP contribution in [0.2, 0.25) is 0 Å². The summed E-state index contributed by atoms with van der Waals surface area (Å²) in [5, 5.41) is 8.88. The van der Waals surface area contributed by atoms with E-state index in [0.717, 1.165) is 29.9 Å². The van der Waals surface area contributed by atoms with Gasteiger partial charge in [0.25, 0.3) is 0 Å². The molecule has 0 atom stereocenters. The Balaban J connectivity index is 2.10. The van der Waals surface area contributed by atoms with Crippen LogP contribution in [0.3, 0.4) is 0 Å². The maximum Gasteiger partial charge on any atom is 0.130 e. The molecule has 0 amide bonds. The SMILES string of the molecule is N#Cc1cncc(-c2cc(=S)nc(C3CC3)[nH]2)c1. The van der Waals surface area contributed by atoms with Crippen molar-refractivity contribution in [1.82, 2.24) is 15.0 Å². The molecule has 3 rings (SSSR count). The van der Waals surface area contributed by atoms with Crippen LogP contribution in [0.15, 0.2) is 24.5 Å². The first-order valence-corrected chi connectivity index (χ1v) is 6.14. The maximum atomic E-state index is 8.88. The quantitative estimate of drug-likeness (QED) is 0.837. The minimum Gasteiger partial charge on any atom is -0.343 e. The molecule has 0 spiro atoms. The standard InChI is InChI=1S/C13H10N4S/c14-5-8-3-10(7-15-6-8)11-4-12(18)17-13(16-11)9-1-2-9/h3-4,6-7,9H,1-2H2,(H,16,17,18). The summed E-state index contributed by atoms with van der Waals surface area (Å²) in [6, 6.07) is 5.68. The molecule has 1 aliphatic rings. The van der Waals surface area contributed by atoms with Gasteiger partial charge in [0.1, 0.15) is 16.5 Å². The monoisotopic (exact) mass is 254 g/mol. The number of aromatic amines is 1. The lowest BCUT2D eigenvalue weighted by Crippen LogP contribution is -1.96. The Hall–Kier alpha value is -2.06. The zero-order valence-electron chi connectivity index (χ0n) is 9.55. The van der Waals surface area contributed by atoms with Crippen molar-refractivity contribution in [3.05, 3.63) is 40.6 Å². The van der Waals surface area contributed by atoms with E-state index in [9.17, 15) is 0 Å². The molecule has 18 heavy (non-hydrogen) atoms. The van der Waals surface area contributed by atoms with Gasteiger partial charge in [-0.25, -0.2) is 4.98 Å². The molecular weight excluding hydrogens is 244 g/mol. The van der Waals surface area contributed by atoms with Crippen molar-refractivity contribution in [2.24, 2.45) is 0 Å². The summed E-state index contributed by atoms with van der Waals surface area (Å²) >= 11 is 5.18. The molecule has 5 heteroatoms. The Morgan fingerprint density at radius 3 is 2.89 bits per heavy atom. The summed E-state index contributed by atoms with van der Waals surface area (Å²) in [5.74, 6) is 1.46. The zero-order chi connectivity index (χ0) is 12.5. The highest BCUT2D eigenvalue weighted by Crippen LogP contribution is 2.38. The first kappa shape index (κ1) is 11.1. The topological polar surface area (TPSA) is 65.4 Å². The number of nitrogens with one attached hydrogen (secondary N) is 1. The molecule has 0 unspecified atom stereocenters. The summed E-state index contributed by atoms with van der Waals surface area (Å²) in [5.41, 5.74) is 2.28. The van der Waals surface area contributed by atoms with Crippen LogP contribution in [-0.2, 0) is 0 Å². The van der Waals surface area contributed by atoms with Gasteiger partial charge in [-0.15, -0.1) is 0 Å². The van der Waals surface area contributed by atoms with Gasteiger partial charge < -0.3 is 4.98 Å². The molecule has 1 fully saturated rings. The van der Waals surface area contributed by atoms with Gasteiger partial charge in [-0.3, -0.25) is 4.98 Å². The van der Waals surface area contributed by atoms with E-state index in [2.05, 4.69) is 21.0 Å². The summed E-state index contributed by atoms with van der Waals surface area (Å²) in [6.07, 6.45) is 5.59. The fraction of sp³-hybridized carbons (Fsp3) is 0.231. The first-order valence-electron chi connectivity index (χ1n) is 5.73. The van der Waals surface area contributed by atoms with E-state index in [4.69, 9.17) is 17.5 Å². The predicted octanol–water partition coefficient (Wildman–Crippen LogP) is 2.95. The van der Waals surface area contributed by atoms with Crippen LogP contribution in [-0.4, -0.2) is 15.0 Å². The highest BCUT2D eigenvalue weighted by molar-refractivity contribution is 7.71. The van der Waals surface area contributed by atoms with Crippen molar-refractivity contribution in [3.8, 4) is 17.3 Å². The maximum absolute atomic E-state index is 8.88. The molecule has 1 aliphatic carbocycles. The number of nitriles is 1. The van der Waals surface area contributed by atoms with Crippen molar-refractivity contribution in [2.45, 2.75) is 18.8 Å². The molecule has 2 aromatic rings. The van der Waals surface area contributed by atoms with E-state index < -0.39 is 0 Å². The van der Waals surface area contributed by atoms with E-state index in [0.29, 0.717) is 16.1 Å². The van der Waals surface area contributed by atoms with Gasteiger partial charge in [0, 0.05) is 23.9 Å². The second kappa shape index (κ2) is 4.31. The van der Waals surface area contributed by atoms with Crippen LogP contribution in [0, 0.1) is 16.0 Å².